The van der Waals surface area contributed by atoms with Crippen molar-refractivity contribution in [2.45, 2.75) is 25.4 Å². The molecule has 1 unspecified atom stereocenters. The van der Waals surface area contributed by atoms with Crippen LogP contribution in [-0.2, 0) is 11.3 Å². The summed E-state index contributed by atoms with van der Waals surface area (Å²) in [5, 5.41) is 3.85. The first kappa shape index (κ1) is 20.1. The summed E-state index contributed by atoms with van der Waals surface area (Å²) in [6, 6.07) is 15.2. The fraction of sp³-hybridized carbons (Fsp3) is 0.292. The van der Waals surface area contributed by atoms with Crippen LogP contribution >= 0.6 is 0 Å². The van der Waals surface area contributed by atoms with Crippen molar-refractivity contribution >= 4 is 33.7 Å². The summed E-state index contributed by atoms with van der Waals surface area (Å²) in [6.07, 6.45) is 3.25. The third kappa shape index (κ3) is 3.68. The molecule has 8 nitrogen and oxygen atoms in total. The number of rotatable bonds is 5. The second-order valence-corrected chi connectivity index (χ2v) is 7.98. The number of piperidine rings is 1. The van der Waals surface area contributed by atoms with Gasteiger partial charge < -0.3 is 19.4 Å². The quantitative estimate of drug-likeness (QED) is 0.522. The van der Waals surface area contributed by atoms with Gasteiger partial charge in [-0.15, -0.1) is 0 Å². The number of fused-ring (bicyclic) bond motifs is 3. The van der Waals surface area contributed by atoms with E-state index in [9.17, 15) is 9.59 Å². The van der Waals surface area contributed by atoms with Crippen molar-refractivity contribution in [3.05, 3.63) is 65.2 Å². The van der Waals surface area contributed by atoms with Gasteiger partial charge >= 0.3 is 0 Å². The molecule has 2 aromatic heterocycles. The molecule has 8 heteroatoms. The Kier molecular flexibility index (Phi) is 5.26. The molecule has 0 radical (unpaired) electrons. The molecule has 1 aliphatic rings. The van der Waals surface area contributed by atoms with Gasteiger partial charge in [-0.05, 0) is 37.1 Å². The van der Waals surface area contributed by atoms with E-state index in [-0.39, 0.29) is 29.6 Å². The molecule has 3 heterocycles. The van der Waals surface area contributed by atoms with Gasteiger partial charge in [-0.3, -0.25) is 14.2 Å². The molecule has 1 fully saturated rings. The molecular formula is C24H24N4O4. The highest BCUT2D eigenvalue weighted by Gasteiger charge is 2.24. The number of hydrogen-bond acceptors (Lipinski definition) is 6. The van der Waals surface area contributed by atoms with Crippen LogP contribution in [0.3, 0.4) is 0 Å². The van der Waals surface area contributed by atoms with Crippen LogP contribution in [0.25, 0.3) is 22.1 Å². The van der Waals surface area contributed by atoms with Gasteiger partial charge in [-0.1, -0.05) is 24.3 Å². The zero-order valence-electron chi connectivity index (χ0n) is 17.8. The van der Waals surface area contributed by atoms with Crippen molar-refractivity contribution in [1.82, 2.24) is 14.9 Å². The Morgan fingerprint density at radius 3 is 2.91 bits per heavy atom. The zero-order chi connectivity index (χ0) is 22.1. The second-order valence-electron chi connectivity index (χ2n) is 7.98. The van der Waals surface area contributed by atoms with Crippen molar-refractivity contribution in [3.8, 4) is 5.75 Å². The lowest BCUT2D eigenvalue weighted by Gasteiger charge is -2.35. The molecule has 1 saturated heterocycles. The fourth-order valence-electron chi connectivity index (χ4n) is 4.36. The number of hydrogen-bond donors (Lipinski definition) is 1. The lowest BCUT2D eigenvalue weighted by molar-refractivity contribution is -0.122. The maximum absolute atomic E-state index is 12.9. The number of furan rings is 1. The number of carbonyl (C=O) groups is 1. The number of para-hydroxylation sites is 3. The molecule has 32 heavy (non-hydrogen) atoms. The Bertz CT molecular complexity index is 1340. The summed E-state index contributed by atoms with van der Waals surface area (Å²) >= 11 is 0. The zero-order valence-corrected chi connectivity index (χ0v) is 17.8. The second kappa shape index (κ2) is 8.37. The Morgan fingerprint density at radius 2 is 2.03 bits per heavy atom. The van der Waals surface area contributed by atoms with Gasteiger partial charge in [0, 0.05) is 24.5 Å². The third-order valence-corrected chi connectivity index (χ3v) is 5.88. The van der Waals surface area contributed by atoms with E-state index in [1.165, 1.54) is 10.9 Å². The molecule has 1 amide bonds. The minimum atomic E-state index is -0.361. The standard InChI is InChI=1S/C24H24N4O4/c1-31-20-11-5-3-9-18(20)27-12-6-7-16(13-27)26-21(29)14-28-15-25-22-17-8-2-4-10-19(17)32-23(22)24(28)30/h2-5,8-11,15-16H,6-7,12-14H2,1H3,(H,26,29). The molecule has 0 bridgehead atoms. The van der Waals surface area contributed by atoms with Crippen LogP contribution in [0.1, 0.15) is 12.8 Å². The number of methoxy groups -OCH3 is 1. The number of benzene rings is 2. The molecule has 5 rings (SSSR count). The predicted octanol–water partition coefficient (Wildman–Crippen LogP) is 2.94. The van der Waals surface area contributed by atoms with Crippen LogP contribution < -0.4 is 20.5 Å². The van der Waals surface area contributed by atoms with Crippen LogP contribution in [0.15, 0.2) is 64.1 Å². The van der Waals surface area contributed by atoms with E-state index in [0.717, 1.165) is 36.2 Å². The van der Waals surface area contributed by atoms with Gasteiger partial charge in [0.1, 0.15) is 23.4 Å². The van der Waals surface area contributed by atoms with Crippen molar-refractivity contribution in [2.75, 3.05) is 25.1 Å². The third-order valence-electron chi connectivity index (χ3n) is 5.88. The van der Waals surface area contributed by atoms with Gasteiger partial charge in [-0.25, -0.2) is 4.98 Å². The summed E-state index contributed by atoms with van der Waals surface area (Å²) in [7, 11) is 1.66. The van der Waals surface area contributed by atoms with Crippen LogP contribution in [0.2, 0.25) is 0 Å². The van der Waals surface area contributed by atoms with E-state index in [1.54, 1.807) is 13.2 Å². The lowest BCUT2D eigenvalue weighted by Crippen LogP contribution is -2.49. The smallest absolute Gasteiger partial charge is 0.297 e. The summed E-state index contributed by atoms with van der Waals surface area (Å²) in [4.78, 5) is 32.2. The minimum absolute atomic E-state index is 0.0141. The normalized spacial score (nSPS) is 16.4. The monoisotopic (exact) mass is 432 g/mol. The van der Waals surface area contributed by atoms with Crippen LogP contribution in [0.4, 0.5) is 5.69 Å². The fourth-order valence-corrected chi connectivity index (χ4v) is 4.36. The first-order valence-corrected chi connectivity index (χ1v) is 10.7. The van der Waals surface area contributed by atoms with Crippen molar-refractivity contribution < 1.29 is 13.9 Å². The summed E-state index contributed by atoms with van der Waals surface area (Å²) in [6.45, 7) is 1.48. The SMILES string of the molecule is COc1ccccc1N1CCCC(NC(=O)Cn2cnc3c(oc4ccccc43)c2=O)C1. The lowest BCUT2D eigenvalue weighted by atomic mass is 10.0. The number of nitrogens with zero attached hydrogens (tertiary/aromatic N) is 3. The summed E-state index contributed by atoms with van der Waals surface area (Å²) in [5.41, 5.74) is 1.95. The molecule has 2 aromatic carbocycles. The van der Waals surface area contributed by atoms with Crippen LogP contribution in [-0.4, -0.2) is 41.7 Å². The van der Waals surface area contributed by atoms with E-state index in [0.29, 0.717) is 17.6 Å². The van der Waals surface area contributed by atoms with E-state index in [1.807, 2.05) is 42.5 Å². The molecule has 4 aromatic rings. The number of aromatic nitrogens is 2. The van der Waals surface area contributed by atoms with E-state index in [4.69, 9.17) is 9.15 Å². The first-order chi connectivity index (χ1) is 15.6. The highest BCUT2D eigenvalue weighted by atomic mass is 16.5. The molecule has 164 valence electrons. The number of amides is 1. The van der Waals surface area contributed by atoms with Gasteiger partial charge in [0.15, 0.2) is 0 Å². The number of nitrogens with one attached hydrogen (secondary N) is 1. The predicted molar refractivity (Wildman–Crippen MR) is 122 cm³/mol. The highest BCUT2D eigenvalue weighted by Crippen LogP contribution is 2.30. The largest absolute Gasteiger partial charge is 0.495 e. The van der Waals surface area contributed by atoms with Crippen molar-refractivity contribution in [2.24, 2.45) is 0 Å². The van der Waals surface area contributed by atoms with Crippen LogP contribution in [0, 0.1) is 0 Å². The average molecular weight is 432 g/mol. The molecule has 0 spiro atoms. The highest BCUT2D eigenvalue weighted by molar-refractivity contribution is 6.01. The maximum atomic E-state index is 12.9. The first-order valence-electron chi connectivity index (χ1n) is 10.7. The molecule has 0 aliphatic carbocycles. The Morgan fingerprint density at radius 1 is 1.22 bits per heavy atom. The number of anilines is 1. The number of carbonyl (C=O) groups excluding carboxylic acids is 1. The molecule has 0 saturated carbocycles. The number of ether oxygens (including phenoxy) is 1. The minimum Gasteiger partial charge on any atom is -0.495 e. The Labute approximate surface area is 184 Å². The van der Waals surface area contributed by atoms with E-state index in [2.05, 4.69) is 15.2 Å². The van der Waals surface area contributed by atoms with Crippen molar-refractivity contribution in [1.29, 1.82) is 0 Å². The average Bonchev–Trinajstić information content (AvgIpc) is 3.20. The molecule has 1 aliphatic heterocycles. The van der Waals surface area contributed by atoms with Gasteiger partial charge in [0.05, 0.1) is 19.1 Å². The van der Waals surface area contributed by atoms with Gasteiger partial charge in [0.25, 0.3) is 5.56 Å². The topological polar surface area (TPSA) is 89.6 Å². The van der Waals surface area contributed by atoms with Crippen molar-refractivity contribution in [3.63, 3.8) is 0 Å². The van der Waals surface area contributed by atoms with Crippen LogP contribution in [0.5, 0.6) is 5.75 Å². The maximum Gasteiger partial charge on any atom is 0.297 e. The molecular weight excluding hydrogens is 408 g/mol. The molecule has 1 N–H and O–H groups in total. The van der Waals surface area contributed by atoms with Gasteiger partial charge in [-0.2, -0.15) is 0 Å². The summed E-state index contributed by atoms with van der Waals surface area (Å²) in [5.74, 6) is 0.590. The summed E-state index contributed by atoms with van der Waals surface area (Å²) < 4.78 is 12.5. The van der Waals surface area contributed by atoms with E-state index >= 15 is 0 Å². The van der Waals surface area contributed by atoms with E-state index < -0.39 is 0 Å². The Balaban J connectivity index is 1.30. The van der Waals surface area contributed by atoms with Gasteiger partial charge in [0.2, 0.25) is 11.5 Å². The molecule has 1 atom stereocenters. The Hall–Kier alpha value is -3.81.